The molecule has 0 heterocycles. The minimum absolute atomic E-state index is 0.280. The Kier molecular flexibility index (Phi) is 7.25. The van der Waals surface area contributed by atoms with Crippen LogP contribution < -0.4 is 14.9 Å². The normalized spacial score (nSPS) is 10.4. The monoisotopic (exact) mass is 338 g/mol. The highest BCUT2D eigenvalue weighted by Crippen LogP contribution is 2.13. The van der Waals surface area contributed by atoms with Gasteiger partial charge >= 0.3 is 0 Å². The van der Waals surface area contributed by atoms with Crippen LogP contribution in [0.3, 0.4) is 0 Å². The van der Waals surface area contributed by atoms with Crippen molar-refractivity contribution in [2.24, 2.45) is 5.10 Å². The number of amides is 1. The molecule has 0 atom stereocenters. The second-order valence-corrected chi connectivity index (χ2v) is 5.24. The lowest BCUT2D eigenvalue weighted by Gasteiger charge is -2.05. The smallest absolute Gasteiger partial charge is 0.271 e. The van der Waals surface area contributed by atoms with Gasteiger partial charge in [-0.05, 0) is 48.4 Å². The predicted octanol–water partition coefficient (Wildman–Crippen LogP) is 3.80. The molecule has 2 rings (SSSR count). The first kappa shape index (κ1) is 18.3. The van der Waals surface area contributed by atoms with E-state index in [0.717, 1.165) is 23.5 Å². The summed E-state index contributed by atoms with van der Waals surface area (Å²) in [5, 5.41) is 3.98. The molecule has 5 nitrogen and oxygen atoms in total. The number of hydrazone groups is 1. The zero-order chi connectivity index (χ0) is 17.9. The molecule has 0 aromatic heterocycles. The summed E-state index contributed by atoms with van der Waals surface area (Å²) in [7, 11) is 0. The van der Waals surface area contributed by atoms with Crippen molar-refractivity contribution in [3.05, 3.63) is 72.3 Å². The van der Waals surface area contributed by atoms with E-state index < -0.39 is 0 Å². The predicted molar refractivity (Wildman–Crippen MR) is 99.4 cm³/mol. The van der Waals surface area contributed by atoms with Crippen molar-refractivity contribution < 1.29 is 14.3 Å². The van der Waals surface area contributed by atoms with Crippen LogP contribution in [-0.2, 0) is 0 Å². The Balaban J connectivity index is 1.90. The minimum atomic E-state index is -0.280. The molecule has 0 aliphatic carbocycles. The molecule has 130 valence electrons. The van der Waals surface area contributed by atoms with Gasteiger partial charge in [0.25, 0.3) is 5.91 Å². The number of hydrogen-bond donors (Lipinski definition) is 1. The Morgan fingerprint density at radius 3 is 2.68 bits per heavy atom. The lowest BCUT2D eigenvalue weighted by atomic mass is 10.2. The minimum Gasteiger partial charge on any atom is -0.494 e. The van der Waals surface area contributed by atoms with Gasteiger partial charge in [-0.2, -0.15) is 5.10 Å². The highest BCUT2D eigenvalue weighted by Gasteiger charge is 2.04. The van der Waals surface area contributed by atoms with Crippen LogP contribution >= 0.6 is 0 Å². The zero-order valence-corrected chi connectivity index (χ0v) is 14.3. The van der Waals surface area contributed by atoms with E-state index in [1.54, 1.807) is 36.6 Å². The summed E-state index contributed by atoms with van der Waals surface area (Å²) in [4.78, 5) is 12.1. The van der Waals surface area contributed by atoms with E-state index in [1.807, 2.05) is 31.2 Å². The highest BCUT2D eigenvalue weighted by molar-refractivity contribution is 5.95. The number of hydrogen-bond acceptors (Lipinski definition) is 4. The number of ether oxygens (including phenoxy) is 2. The van der Waals surface area contributed by atoms with Gasteiger partial charge in [0.2, 0.25) is 0 Å². The quantitative estimate of drug-likeness (QED) is 0.430. The molecule has 0 bridgehead atoms. The molecular formula is C20H22N2O3. The number of nitrogens with zero attached hydrogens (tertiary/aromatic N) is 1. The van der Waals surface area contributed by atoms with Gasteiger partial charge in [0.15, 0.2) is 0 Å². The summed E-state index contributed by atoms with van der Waals surface area (Å²) < 4.78 is 10.9. The molecule has 0 radical (unpaired) electrons. The number of carbonyl (C=O) groups excluding carboxylic acids is 1. The topological polar surface area (TPSA) is 59.9 Å². The fourth-order valence-electron chi connectivity index (χ4n) is 1.99. The maximum atomic E-state index is 12.1. The van der Waals surface area contributed by atoms with Crippen LogP contribution in [0.2, 0.25) is 0 Å². The van der Waals surface area contributed by atoms with Crippen molar-refractivity contribution >= 4 is 12.1 Å². The molecule has 1 amide bonds. The van der Waals surface area contributed by atoms with Crippen LogP contribution in [0.15, 0.2) is 66.3 Å². The molecule has 2 aromatic carbocycles. The fourth-order valence-corrected chi connectivity index (χ4v) is 1.99. The van der Waals surface area contributed by atoms with E-state index in [1.165, 1.54) is 0 Å². The SMILES string of the molecule is C=CCOc1cccc(/C=N\NC(=O)c2ccc(OCCC)cc2)c1. The third-order valence-electron chi connectivity index (χ3n) is 3.20. The van der Waals surface area contributed by atoms with Crippen molar-refractivity contribution in [1.82, 2.24) is 5.43 Å². The van der Waals surface area contributed by atoms with E-state index in [9.17, 15) is 4.79 Å². The van der Waals surface area contributed by atoms with Crippen LogP contribution in [0.4, 0.5) is 0 Å². The lowest BCUT2D eigenvalue weighted by molar-refractivity contribution is 0.0955. The molecule has 2 aromatic rings. The standard InChI is InChI=1S/C20H22N2O3/c1-3-12-24-18-10-8-17(9-11-18)20(23)22-21-15-16-6-5-7-19(14-16)25-13-4-2/h4-11,14-15H,2-3,12-13H2,1H3,(H,22,23)/b21-15-. The largest absolute Gasteiger partial charge is 0.494 e. The Labute approximate surface area is 148 Å². The van der Waals surface area contributed by atoms with Crippen molar-refractivity contribution in [2.45, 2.75) is 13.3 Å². The van der Waals surface area contributed by atoms with Gasteiger partial charge < -0.3 is 9.47 Å². The maximum Gasteiger partial charge on any atom is 0.271 e. The average Bonchev–Trinajstić information content (AvgIpc) is 2.65. The summed E-state index contributed by atoms with van der Waals surface area (Å²) in [6.45, 7) is 6.75. The molecule has 0 unspecified atom stereocenters. The van der Waals surface area contributed by atoms with Crippen LogP contribution in [-0.4, -0.2) is 25.3 Å². The highest BCUT2D eigenvalue weighted by atomic mass is 16.5. The number of carbonyl (C=O) groups is 1. The summed E-state index contributed by atoms with van der Waals surface area (Å²) in [5.74, 6) is 1.19. The number of rotatable bonds is 9. The Bertz CT molecular complexity index is 724. The summed E-state index contributed by atoms with van der Waals surface area (Å²) in [6, 6.07) is 14.4. The summed E-state index contributed by atoms with van der Waals surface area (Å²) in [5.41, 5.74) is 3.85. The third kappa shape index (κ3) is 6.14. The second kappa shape index (κ2) is 9.93. The molecule has 0 fully saturated rings. The lowest BCUT2D eigenvalue weighted by Crippen LogP contribution is -2.17. The average molecular weight is 338 g/mol. The van der Waals surface area contributed by atoms with Gasteiger partial charge in [0, 0.05) is 5.56 Å². The van der Waals surface area contributed by atoms with Crippen molar-refractivity contribution in [3.63, 3.8) is 0 Å². The van der Waals surface area contributed by atoms with Gasteiger partial charge in [-0.15, -0.1) is 0 Å². The van der Waals surface area contributed by atoms with Gasteiger partial charge in [-0.25, -0.2) is 5.43 Å². The number of benzene rings is 2. The molecular weight excluding hydrogens is 316 g/mol. The van der Waals surface area contributed by atoms with Crippen molar-refractivity contribution in [2.75, 3.05) is 13.2 Å². The molecule has 0 aliphatic rings. The van der Waals surface area contributed by atoms with E-state index in [-0.39, 0.29) is 5.91 Å². The first-order valence-corrected chi connectivity index (χ1v) is 8.13. The molecule has 1 N–H and O–H groups in total. The van der Waals surface area contributed by atoms with Crippen molar-refractivity contribution in [1.29, 1.82) is 0 Å². The Morgan fingerprint density at radius 2 is 1.96 bits per heavy atom. The fraction of sp³-hybridized carbons (Fsp3) is 0.200. The summed E-state index contributed by atoms with van der Waals surface area (Å²) >= 11 is 0. The molecule has 25 heavy (non-hydrogen) atoms. The Hall–Kier alpha value is -3.08. The number of nitrogens with one attached hydrogen (secondary N) is 1. The third-order valence-corrected chi connectivity index (χ3v) is 3.20. The first-order valence-electron chi connectivity index (χ1n) is 8.13. The van der Waals surface area contributed by atoms with Gasteiger partial charge in [-0.3, -0.25) is 4.79 Å². The van der Waals surface area contributed by atoms with Crippen LogP contribution in [0, 0.1) is 0 Å². The van der Waals surface area contributed by atoms with E-state index in [4.69, 9.17) is 9.47 Å². The van der Waals surface area contributed by atoms with Gasteiger partial charge in [0.05, 0.1) is 12.8 Å². The van der Waals surface area contributed by atoms with Crippen molar-refractivity contribution in [3.8, 4) is 11.5 Å². The van der Waals surface area contributed by atoms with E-state index in [0.29, 0.717) is 18.8 Å². The van der Waals surface area contributed by atoms with E-state index in [2.05, 4.69) is 17.1 Å². The molecule has 0 saturated heterocycles. The van der Waals surface area contributed by atoms with E-state index >= 15 is 0 Å². The Morgan fingerprint density at radius 1 is 1.16 bits per heavy atom. The zero-order valence-electron chi connectivity index (χ0n) is 14.3. The summed E-state index contributed by atoms with van der Waals surface area (Å²) in [6.07, 6.45) is 4.19. The van der Waals surface area contributed by atoms with Gasteiger partial charge in [-0.1, -0.05) is 31.7 Å². The molecule has 5 heteroatoms. The second-order valence-electron chi connectivity index (χ2n) is 5.24. The van der Waals surface area contributed by atoms with Gasteiger partial charge in [0.1, 0.15) is 18.1 Å². The molecule has 0 saturated carbocycles. The first-order chi connectivity index (χ1) is 12.2. The van der Waals surface area contributed by atoms with Crippen LogP contribution in [0.5, 0.6) is 11.5 Å². The molecule has 0 aliphatic heterocycles. The molecule has 0 spiro atoms. The van der Waals surface area contributed by atoms with Crippen LogP contribution in [0.1, 0.15) is 29.3 Å². The van der Waals surface area contributed by atoms with Crippen LogP contribution in [0.25, 0.3) is 0 Å². The maximum absolute atomic E-state index is 12.1.